The number of hydrogen-bond acceptors (Lipinski definition) is 3. The van der Waals surface area contributed by atoms with Crippen LogP contribution < -0.4 is 5.32 Å². The molecule has 1 aliphatic carbocycles. The highest BCUT2D eigenvalue weighted by molar-refractivity contribution is 6.29. The highest BCUT2D eigenvalue weighted by atomic mass is 35.5. The quantitative estimate of drug-likeness (QED) is 0.791. The molecule has 1 N–H and O–H groups in total. The Labute approximate surface area is 82.5 Å². The van der Waals surface area contributed by atoms with Crippen molar-refractivity contribution in [1.82, 2.24) is 10.2 Å². The maximum Gasteiger partial charge on any atom is 0.151 e. The van der Waals surface area contributed by atoms with Crippen molar-refractivity contribution >= 4 is 17.4 Å². The van der Waals surface area contributed by atoms with Crippen molar-refractivity contribution in [2.45, 2.75) is 25.8 Å². The minimum absolute atomic E-state index is 0.437. The lowest BCUT2D eigenvalue weighted by atomic mass is 9.81. The van der Waals surface area contributed by atoms with Crippen LogP contribution in [0.2, 0.25) is 5.15 Å². The van der Waals surface area contributed by atoms with E-state index in [1.165, 1.54) is 12.8 Å². The van der Waals surface area contributed by atoms with Gasteiger partial charge in [-0.05, 0) is 30.9 Å². The lowest BCUT2D eigenvalue weighted by Gasteiger charge is -2.34. The maximum absolute atomic E-state index is 5.62. The summed E-state index contributed by atoms with van der Waals surface area (Å²) in [4.78, 5) is 0. The minimum Gasteiger partial charge on any atom is -0.366 e. The first-order valence-electron chi connectivity index (χ1n) is 4.51. The Morgan fingerprint density at radius 3 is 2.69 bits per heavy atom. The van der Waals surface area contributed by atoms with Gasteiger partial charge in [0.25, 0.3) is 0 Å². The van der Waals surface area contributed by atoms with Crippen LogP contribution in [-0.4, -0.2) is 16.2 Å². The number of nitrogens with one attached hydrogen (secondary N) is 1. The molecule has 2 atom stereocenters. The average molecular weight is 198 g/mol. The Kier molecular flexibility index (Phi) is 2.36. The monoisotopic (exact) mass is 197 g/mol. The predicted molar refractivity (Wildman–Crippen MR) is 52.9 cm³/mol. The van der Waals surface area contributed by atoms with Crippen molar-refractivity contribution in [3.63, 3.8) is 0 Å². The zero-order chi connectivity index (χ0) is 9.26. The van der Waals surface area contributed by atoms with Gasteiger partial charge < -0.3 is 5.32 Å². The van der Waals surface area contributed by atoms with Crippen LogP contribution in [0.5, 0.6) is 0 Å². The van der Waals surface area contributed by atoms with Gasteiger partial charge in [-0.2, -0.15) is 0 Å². The fourth-order valence-corrected chi connectivity index (χ4v) is 1.56. The molecule has 0 aromatic carbocycles. The molecule has 2 unspecified atom stereocenters. The highest BCUT2D eigenvalue weighted by Crippen LogP contribution is 2.28. The molecule has 0 amide bonds. The van der Waals surface area contributed by atoms with Gasteiger partial charge in [0.2, 0.25) is 0 Å². The summed E-state index contributed by atoms with van der Waals surface area (Å²) >= 11 is 5.62. The number of anilines is 1. The Hall–Kier alpha value is -0.830. The molecule has 1 aromatic rings. The molecule has 1 fully saturated rings. The second-order valence-electron chi connectivity index (χ2n) is 3.55. The molecule has 3 nitrogen and oxygen atoms in total. The third-order valence-electron chi connectivity index (χ3n) is 2.59. The van der Waals surface area contributed by atoms with Gasteiger partial charge in [0, 0.05) is 6.04 Å². The second-order valence-corrected chi connectivity index (χ2v) is 3.93. The van der Waals surface area contributed by atoms with Crippen LogP contribution in [0.4, 0.5) is 5.82 Å². The van der Waals surface area contributed by atoms with E-state index in [0.29, 0.717) is 11.2 Å². The minimum atomic E-state index is 0.437. The third-order valence-corrected chi connectivity index (χ3v) is 2.79. The van der Waals surface area contributed by atoms with E-state index in [2.05, 4.69) is 22.4 Å². The lowest BCUT2D eigenvalue weighted by molar-refractivity contribution is 0.303. The molecule has 0 radical (unpaired) electrons. The number of rotatable bonds is 2. The average Bonchev–Trinajstić information content (AvgIpc) is 2.15. The molecular weight excluding hydrogens is 186 g/mol. The molecule has 1 saturated carbocycles. The molecule has 0 aliphatic heterocycles. The van der Waals surface area contributed by atoms with Gasteiger partial charge in [0.1, 0.15) is 5.82 Å². The van der Waals surface area contributed by atoms with Gasteiger partial charge in [0.05, 0.1) is 0 Å². The van der Waals surface area contributed by atoms with Gasteiger partial charge in [-0.15, -0.1) is 10.2 Å². The molecule has 2 rings (SSSR count). The zero-order valence-corrected chi connectivity index (χ0v) is 8.25. The smallest absolute Gasteiger partial charge is 0.151 e. The van der Waals surface area contributed by atoms with Crippen molar-refractivity contribution in [3.05, 3.63) is 17.3 Å². The van der Waals surface area contributed by atoms with E-state index in [0.717, 1.165) is 11.7 Å². The van der Waals surface area contributed by atoms with E-state index >= 15 is 0 Å². The Balaban J connectivity index is 1.98. The topological polar surface area (TPSA) is 37.8 Å². The fraction of sp³-hybridized carbons (Fsp3) is 0.556. The van der Waals surface area contributed by atoms with Crippen molar-refractivity contribution in [3.8, 4) is 0 Å². The van der Waals surface area contributed by atoms with Gasteiger partial charge in [-0.1, -0.05) is 18.5 Å². The Morgan fingerprint density at radius 2 is 2.23 bits per heavy atom. The van der Waals surface area contributed by atoms with Gasteiger partial charge in [0.15, 0.2) is 5.15 Å². The van der Waals surface area contributed by atoms with Gasteiger partial charge in [-0.3, -0.25) is 0 Å². The lowest BCUT2D eigenvalue weighted by Crippen LogP contribution is -2.36. The van der Waals surface area contributed by atoms with E-state index in [-0.39, 0.29) is 0 Å². The van der Waals surface area contributed by atoms with Crippen molar-refractivity contribution in [1.29, 1.82) is 0 Å². The van der Waals surface area contributed by atoms with E-state index in [1.807, 2.05) is 6.07 Å². The van der Waals surface area contributed by atoms with Crippen LogP contribution >= 0.6 is 11.6 Å². The van der Waals surface area contributed by atoms with Gasteiger partial charge >= 0.3 is 0 Å². The summed E-state index contributed by atoms with van der Waals surface area (Å²) < 4.78 is 0. The zero-order valence-electron chi connectivity index (χ0n) is 7.50. The summed E-state index contributed by atoms with van der Waals surface area (Å²) in [6.07, 6.45) is 2.53. The summed E-state index contributed by atoms with van der Waals surface area (Å²) in [7, 11) is 0. The summed E-state index contributed by atoms with van der Waals surface area (Å²) in [5.41, 5.74) is 0. The number of aromatic nitrogens is 2. The van der Waals surface area contributed by atoms with Crippen LogP contribution in [0.1, 0.15) is 19.8 Å². The highest BCUT2D eigenvalue weighted by Gasteiger charge is 2.26. The molecule has 0 spiro atoms. The molecule has 0 saturated heterocycles. The number of halogens is 1. The molecule has 4 heteroatoms. The fourth-order valence-electron chi connectivity index (χ4n) is 1.46. The van der Waals surface area contributed by atoms with E-state index in [9.17, 15) is 0 Å². The van der Waals surface area contributed by atoms with E-state index < -0.39 is 0 Å². The maximum atomic E-state index is 5.62. The summed E-state index contributed by atoms with van der Waals surface area (Å²) in [5.74, 6) is 1.57. The number of hydrogen-bond donors (Lipinski definition) is 1. The largest absolute Gasteiger partial charge is 0.366 e. The van der Waals surface area contributed by atoms with Crippen LogP contribution in [-0.2, 0) is 0 Å². The molecular formula is C9H12ClN3. The SMILES string of the molecule is CC1CCC1Nc1ccc(Cl)nn1. The molecule has 13 heavy (non-hydrogen) atoms. The van der Waals surface area contributed by atoms with Crippen molar-refractivity contribution < 1.29 is 0 Å². The summed E-state index contributed by atoms with van der Waals surface area (Å²) in [6, 6.07) is 4.18. The van der Waals surface area contributed by atoms with E-state index in [1.54, 1.807) is 6.07 Å². The van der Waals surface area contributed by atoms with E-state index in [4.69, 9.17) is 11.6 Å². The van der Waals surface area contributed by atoms with Crippen LogP contribution in [0.3, 0.4) is 0 Å². The predicted octanol–water partition coefficient (Wildman–Crippen LogP) is 2.34. The molecule has 1 aromatic heterocycles. The number of nitrogens with zero attached hydrogens (tertiary/aromatic N) is 2. The summed E-state index contributed by atoms with van der Waals surface area (Å²) in [5, 5.41) is 11.5. The Morgan fingerprint density at radius 1 is 1.38 bits per heavy atom. The molecule has 1 heterocycles. The standard InChI is InChI=1S/C9H12ClN3/c1-6-2-3-7(6)11-9-5-4-8(10)12-13-9/h4-7H,2-3H2,1H3,(H,11,13). The van der Waals surface area contributed by atoms with Crippen molar-refractivity contribution in [2.75, 3.05) is 5.32 Å². The van der Waals surface area contributed by atoms with Crippen LogP contribution in [0.25, 0.3) is 0 Å². The molecule has 1 aliphatic rings. The van der Waals surface area contributed by atoms with Crippen LogP contribution in [0, 0.1) is 5.92 Å². The normalized spacial score (nSPS) is 26.6. The molecule has 0 bridgehead atoms. The molecule has 70 valence electrons. The van der Waals surface area contributed by atoms with Gasteiger partial charge in [-0.25, -0.2) is 0 Å². The first kappa shape index (κ1) is 8.75. The Bertz CT molecular complexity index is 285. The van der Waals surface area contributed by atoms with Crippen LogP contribution in [0.15, 0.2) is 12.1 Å². The third kappa shape index (κ3) is 1.91. The second kappa shape index (κ2) is 3.50. The van der Waals surface area contributed by atoms with Crippen molar-refractivity contribution in [2.24, 2.45) is 5.92 Å². The first-order chi connectivity index (χ1) is 6.25. The first-order valence-corrected chi connectivity index (χ1v) is 4.89. The summed E-state index contributed by atoms with van der Waals surface area (Å²) in [6.45, 7) is 2.24.